The average Bonchev–Trinajstić information content (AvgIpc) is 3.20. The van der Waals surface area contributed by atoms with Crippen molar-refractivity contribution in [3.63, 3.8) is 0 Å². The monoisotopic (exact) mass is 440 g/mol. The topological polar surface area (TPSA) is 87.7 Å². The van der Waals surface area contributed by atoms with Crippen molar-refractivity contribution in [2.24, 2.45) is 0 Å². The highest BCUT2D eigenvalue weighted by atomic mass is 32.2. The van der Waals surface area contributed by atoms with Crippen LogP contribution in [-0.4, -0.2) is 30.7 Å². The van der Waals surface area contributed by atoms with Gasteiger partial charge >= 0.3 is 0 Å². The van der Waals surface area contributed by atoms with Crippen molar-refractivity contribution in [2.75, 3.05) is 10.5 Å². The van der Waals surface area contributed by atoms with Gasteiger partial charge in [0.25, 0.3) is 0 Å². The van der Waals surface area contributed by atoms with Crippen molar-refractivity contribution < 1.29 is 17.8 Å². The Morgan fingerprint density at radius 3 is 2.77 bits per heavy atom. The smallest absolute Gasteiger partial charge is 0.201 e. The molecule has 1 atom stereocenters. The first kappa shape index (κ1) is 20.8. The number of carbonyl (C=O) groups excluding carboxylic acids is 1. The van der Waals surface area contributed by atoms with Gasteiger partial charge in [-0.2, -0.15) is 0 Å². The largest absolute Gasteiger partial charge is 0.345 e. The molecule has 4 aromatic rings. The molecule has 1 unspecified atom stereocenters. The van der Waals surface area contributed by atoms with Gasteiger partial charge in [0.15, 0.2) is 5.82 Å². The molecular formula is C22H18F2N4O2S. The molecular weight excluding hydrogens is 422 g/mol. The van der Waals surface area contributed by atoms with E-state index in [0.29, 0.717) is 34.5 Å². The minimum Gasteiger partial charge on any atom is -0.345 e. The number of ketones is 1. The summed E-state index contributed by atoms with van der Waals surface area (Å²) >= 11 is 0. The summed E-state index contributed by atoms with van der Waals surface area (Å²) in [6.07, 6.45) is 5.23. The zero-order valence-corrected chi connectivity index (χ0v) is 17.3. The van der Waals surface area contributed by atoms with Crippen molar-refractivity contribution in [3.05, 3.63) is 77.8 Å². The average molecular weight is 440 g/mol. The number of H-pyrrole nitrogens is 1. The van der Waals surface area contributed by atoms with Crippen LogP contribution in [0.1, 0.15) is 29.3 Å². The van der Waals surface area contributed by atoms with E-state index >= 15 is 4.39 Å². The number of fused-ring (bicyclic) bond motifs is 1. The van der Waals surface area contributed by atoms with Crippen molar-refractivity contribution in [1.82, 2.24) is 15.0 Å². The molecule has 158 valence electrons. The van der Waals surface area contributed by atoms with E-state index in [-0.39, 0.29) is 11.3 Å². The number of anilines is 1. The fraction of sp³-hybridized carbons (Fsp3) is 0.136. The van der Waals surface area contributed by atoms with Crippen molar-refractivity contribution in [1.29, 1.82) is 0 Å². The van der Waals surface area contributed by atoms with E-state index in [4.69, 9.17) is 0 Å². The fourth-order valence-electron chi connectivity index (χ4n) is 3.20. The molecule has 4 rings (SSSR count). The van der Waals surface area contributed by atoms with E-state index in [9.17, 15) is 13.4 Å². The van der Waals surface area contributed by atoms with Gasteiger partial charge in [-0.1, -0.05) is 13.0 Å². The Morgan fingerprint density at radius 2 is 2.03 bits per heavy atom. The summed E-state index contributed by atoms with van der Waals surface area (Å²) in [5.41, 5.74) is 0.880. The third-order valence-corrected chi connectivity index (χ3v) is 5.89. The number of rotatable bonds is 7. The van der Waals surface area contributed by atoms with Crippen molar-refractivity contribution in [3.8, 4) is 11.3 Å². The number of nitrogens with zero attached hydrogens (tertiary/aromatic N) is 2. The van der Waals surface area contributed by atoms with Crippen LogP contribution in [0, 0.1) is 11.6 Å². The Bertz CT molecular complexity index is 1290. The first-order valence-electron chi connectivity index (χ1n) is 9.56. The standard InChI is InChI=1S/C22H18F2N4O2S/c1-2-9-31(30)28-18-7-6-16(23)19(20(18)24)21(29)15-12-27-22-14(15)10-13(11-26-22)17-5-3-4-8-25-17/h3-8,10-12,28H,2,9H2,1H3,(H,26,27). The lowest BCUT2D eigenvalue weighted by molar-refractivity contribution is 0.103. The van der Waals surface area contributed by atoms with Gasteiger partial charge in [-0.15, -0.1) is 0 Å². The summed E-state index contributed by atoms with van der Waals surface area (Å²) in [6, 6.07) is 9.20. The normalized spacial score (nSPS) is 12.1. The SMILES string of the molecule is CCCS(=O)Nc1ccc(F)c(C(=O)c2c[nH]c3ncc(-c4ccccn4)cc23)c1F. The summed E-state index contributed by atoms with van der Waals surface area (Å²) in [5, 5.41) is 0.417. The van der Waals surface area contributed by atoms with Crippen LogP contribution in [0.25, 0.3) is 22.3 Å². The van der Waals surface area contributed by atoms with Crippen LogP contribution < -0.4 is 4.72 Å². The highest BCUT2D eigenvalue weighted by molar-refractivity contribution is 7.86. The molecule has 9 heteroatoms. The summed E-state index contributed by atoms with van der Waals surface area (Å²) in [4.78, 5) is 24.5. The lowest BCUT2D eigenvalue weighted by Crippen LogP contribution is -2.13. The highest BCUT2D eigenvalue weighted by Gasteiger charge is 2.25. The van der Waals surface area contributed by atoms with E-state index in [1.54, 1.807) is 30.6 Å². The van der Waals surface area contributed by atoms with E-state index in [1.165, 1.54) is 6.20 Å². The Kier molecular flexibility index (Phi) is 5.85. The molecule has 0 radical (unpaired) electrons. The number of halogens is 2. The van der Waals surface area contributed by atoms with Gasteiger partial charge in [-0.3, -0.25) is 9.78 Å². The van der Waals surface area contributed by atoms with Crippen LogP contribution in [0.3, 0.4) is 0 Å². The second-order valence-electron chi connectivity index (χ2n) is 6.80. The molecule has 0 amide bonds. The summed E-state index contributed by atoms with van der Waals surface area (Å²) in [6.45, 7) is 1.83. The Labute approximate surface area is 179 Å². The number of aromatic amines is 1. The number of hydrogen-bond acceptors (Lipinski definition) is 4. The predicted octanol–water partition coefficient (Wildman–Crippen LogP) is 4.62. The van der Waals surface area contributed by atoms with Crippen molar-refractivity contribution in [2.45, 2.75) is 13.3 Å². The van der Waals surface area contributed by atoms with Gasteiger partial charge in [-0.05, 0) is 36.8 Å². The maximum Gasteiger partial charge on any atom is 0.201 e. The second kappa shape index (κ2) is 8.73. The zero-order valence-electron chi connectivity index (χ0n) is 16.5. The second-order valence-corrected chi connectivity index (χ2v) is 8.11. The van der Waals surface area contributed by atoms with Gasteiger partial charge in [-0.25, -0.2) is 18.0 Å². The number of nitrogens with one attached hydrogen (secondary N) is 2. The number of aromatic nitrogens is 3. The first-order chi connectivity index (χ1) is 15.0. The number of pyridine rings is 2. The van der Waals surface area contributed by atoms with Crippen LogP contribution in [0.2, 0.25) is 0 Å². The lowest BCUT2D eigenvalue weighted by atomic mass is 10.0. The highest BCUT2D eigenvalue weighted by Crippen LogP contribution is 2.29. The van der Waals surface area contributed by atoms with Crippen LogP contribution >= 0.6 is 0 Å². The molecule has 0 aliphatic carbocycles. The molecule has 3 heterocycles. The quantitative estimate of drug-likeness (QED) is 0.411. The minimum absolute atomic E-state index is 0.0740. The van der Waals surface area contributed by atoms with Gasteiger partial charge in [0.2, 0.25) is 5.78 Å². The molecule has 0 aliphatic rings. The Morgan fingerprint density at radius 1 is 1.19 bits per heavy atom. The maximum atomic E-state index is 15.0. The molecule has 0 saturated heterocycles. The van der Waals surface area contributed by atoms with Crippen molar-refractivity contribution >= 4 is 33.5 Å². The van der Waals surface area contributed by atoms with Crippen LogP contribution in [0.4, 0.5) is 14.5 Å². The molecule has 0 saturated carbocycles. The maximum absolute atomic E-state index is 15.0. The summed E-state index contributed by atoms with van der Waals surface area (Å²) < 4.78 is 44.0. The van der Waals surface area contributed by atoms with Gasteiger partial charge < -0.3 is 9.71 Å². The molecule has 1 aromatic carbocycles. The molecule has 3 aromatic heterocycles. The van der Waals surface area contributed by atoms with Gasteiger partial charge in [0.05, 0.1) is 16.9 Å². The fourth-order valence-corrected chi connectivity index (χ4v) is 4.07. The first-order valence-corrected chi connectivity index (χ1v) is 10.9. The molecule has 6 nitrogen and oxygen atoms in total. The molecule has 0 bridgehead atoms. The van der Waals surface area contributed by atoms with Gasteiger partial charge in [0.1, 0.15) is 22.5 Å². The van der Waals surface area contributed by atoms with Crippen LogP contribution in [0.15, 0.2) is 55.0 Å². The molecule has 0 fully saturated rings. The molecule has 0 spiro atoms. The number of benzene rings is 1. The van der Waals surface area contributed by atoms with E-state index in [2.05, 4.69) is 19.7 Å². The van der Waals surface area contributed by atoms with Crippen LogP contribution in [-0.2, 0) is 11.0 Å². The molecule has 0 aliphatic heterocycles. The minimum atomic E-state index is -1.54. The molecule has 31 heavy (non-hydrogen) atoms. The summed E-state index contributed by atoms with van der Waals surface area (Å²) in [7, 11) is -1.54. The van der Waals surface area contributed by atoms with E-state index in [1.807, 2.05) is 13.0 Å². The zero-order chi connectivity index (χ0) is 22.0. The van der Waals surface area contributed by atoms with E-state index in [0.717, 1.165) is 12.1 Å². The third kappa shape index (κ3) is 4.09. The van der Waals surface area contributed by atoms with Crippen LogP contribution in [0.5, 0.6) is 0 Å². The Balaban J connectivity index is 1.77. The van der Waals surface area contributed by atoms with E-state index < -0.39 is 34.0 Å². The number of carbonyl (C=O) groups is 1. The molecule has 2 N–H and O–H groups in total. The Hall–Kier alpha value is -3.46. The lowest BCUT2D eigenvalue weighted by Gasteiger charge is -2.10. The number of hydrogen-bond donors (Lipinski definition) is 2. The van der Waals surface area contributed by atoms with Gasteiger partial charge in [0, 0.05) is 40.9 Å². The summed E-state index contributed by atoms with van der Waals surface area (Å²) in [5.74, 6) is -2.63. The predicted molar refractivity (Wildman–Crippen MR) is 116 cm³/mol. The third-order valence-electron chi connectivity index (χ3n) is 4.67.